The smallest absolute Gasteiger partial charge is 0.291 e. The van der Waals surface area contributed by atoms with Gasteiger partial charge in [-0.2, -0.15) is 9.50 Å². The van der Waals surface area contributed by atoms with Gasteiger partial charge in [-0.15, -0.1) is 5.10 Å². The lowest BCUT2D eigenvalue weighted by Gasteiger charge is -2.24. The highest BCUT2D eigenvalue weighted by Gasteiger charge is 2.27. The van der Waals surface area contributed by atoms with Crippen LogP contribution in [0.4, 0.5) is 0 Å². The van der Waals surface area contributed by atoms with E-state index in [-0.39, 0.29) is 5.56 Å². The summed E-state index contributed by atoms with van der Waals surface area (Å²) in [6.07, 6.45) is 3.52. The molecule has 1 aliphatic heterocycles. The number of ether oxygens (including phenoxy) is 3. The Morgan fingerprint density at radius 1 is 1.19 bits per heavy atom. The topological polar surface area (TPSA) is 74.9 Å². The van der Waals surface area contributed by atoms with E-state index in [4.69, 9.17) is 14.2 Å². The molecule has 0 radical (unpaired) electrons. The number of aromatic nitrogens is 3. The molecule has 0 amide bonds. The monoisotopic (exact) mass is 435 g/mol. The van der Waals surface area contributed by atoms with Crippen LogP contribution < -0.4 is 24.3 Å². The van der Waals surface area contributed by atoms with Crippen molar-refractivity contribution in [3.8, 4) is 17.2 Å². The zero-order chi connectivity index (χ0) is 21.2. The Morgan fingerprint density at radius 2 is 2.00 bits per heavy atom. The van der Waals surface area contributed by atoms with Gasteiger partial charge in [-0.05, 0) is 42.3 Å². The van der Waals surface area contributed by atoms with Crippen LogP contribution in [0.3, 0.4) is 0 Å². The second-order valence-corrected chi connectivity index (χ2v) is 8.22. The summed E-state index contributed by atoms with van der Waals surface area (Å²) in [6, 6.07) is 15.2. The fraction of sp³-hybridized carbons (Fsp3) is 0.261. The molecule has 0 bridgehead atoms. The molecule has 1 atom stereocenters. The summed E-state index contributed by atoms with van der Waals surface area (Å²) in [6.45, 7) is 3.14. The largest absolute Gasteiger partial charge is 0.494 e. The van der Waals surface area contributed by atoms with Crippen LogP contribution in [0.15, 0.2) is 53.3 Å². The van der Waals surface area contributed by atoms with Gasteiger partial charge in [0.25, 0.3) is 5.56 Å². The van der Waals surface area contributed by atoms with Gasteiger partial charge in [0.05, 0.1) is 11.1 Å². The zero-order valence-electron chi connectivity index (χ0n) is 17.0. The number of benzene rings is 2. The molecule has 8 heteroatoms. The third-order valence-corrected chi connectivity index (χ3v) is 5.90. The van der Waals surface area contributed by atoms with E-state index in [9.17, 15) is 4.79 Å². The lowest BCUT2D eigenvalue weighted by Crippen LogP contribution is -2.26. The van der Waals surface area contributed by atoms with Crippen LogP contribution in [0.25, 0.3) is 11.0 Å². The van der Waals surface area contributed by atoms with Gasteiger partial charge in [0.1, 0.15) is 12.4 Å². The molecule has 0 spiro atoms. The van der Waals surface area contributed by atoms with Crippen molar-refractivity contribution < 1.29 is 14.2 Å². The number of unbranched alkanes of at least 4 members (excludes halogenated alkanes) is 1. The molecule has 3 heterocycles. The van der Waals surface area contributed by atoms with Crippen molar-refractivity contribution in [3.63, 3.8) is 0 Å². The van der Waals surface area contributed by atoms with Crippen molar-refractivity contribution in [1.29, 1.82) is 0 Å². The van der Waals surface area contributed by atoms with Gasteiger partial charge in [0.15, 0.2) is 23.4 Å². The highest BCUT2D eigenvalue weighted by atomic mass is 32.1. The van der Waals surface area contributed by atoms with Gasteiger partial charge in [-0.1, -0.05) is 48.9 Å². The summed E-state index contributed by atoms with van der Waals surface area (Å²) in [5.74, 6) is 2.62. The van der Waals surface area contributed by atoms with E-state index in [1.807, 2.05) is 54.6 Å². The lowest BCUT2D eigenvalue weighted by molar-refractivity contribution is 0.0852. The molecule has 5 rings (SSSR count). The van der Waals surface area contributed by atoms with E-state index >= 15 is 0 Å². The average Bonchev–Trinajstić information content (AvgIpc) is 3.34. The van der Waals surface area contributed by atoms with Gasteiger partial charge in [-0.3, -0.25) is 4.79 Å². The van der Waals surface area contributed by atoms with Crippen LogP contribution in [-0.2, 0) is 0 Å². The predicted octanol–water partition coefficient (Wildman–Crippen LogP) is 3.39. The first-order chi connectivity index (χ1) is 15.2. The second-order valence-electron chi connectivity index (χ2n) is 7.22. The summed E-state index contributed by atoms with van der Waals surface area (Å²) < 4.78 is 19.3. The van der Waals surface area contributed by atoms with E-state index < -0.39 is 6.10 Å². The molecular formula is C23H21N3O4S. The first kappa shape index (κ1) is 19.6. The summed E-state index contributed by atoms with van der Waals surface area (Å²) in [4.78, 5) is 17.9. The van der Waals surface area contributed by atoms with E-state index in [1.54, 1.807) is 0 Å². The number of thiazole rings is 1. The van der Waals surface area contributed by atoms with Crippen LogP contribution in [0.5, 0.6) is 17.2 Å². The summed E-state index contributed by atoms with van der Waals surface area (Å²) in [5.41, 5.74) is 0.726. The van der Waals surface area contributed by atoms with Crippen LogP contribution in [0.1, 0.15) is 37.3 Å². The van der Waals surface area contributed by atoms with Gasteiger partial charge in [0, 0.05) is 0 Å². The molecule has 7 nitrogen and oxygen atoms in total. The molecular weight excluding hydrogens is 414 g/mol. The van der Waals surface area contributed by atoms with E-state index in [2.05, 4.69) is 17.0 Å². The van der Waals surface area contributed by atoms with Gasteiger partial charge in [0.2, 0.25) is 4.96 Å². The van der Waals surface area contributed by atoms with Crippen molar-refractivity contribution in [2.45, 2.75) is 25.9 Å². The molecule has 0 N–H and O–H groups in total. The highest BCUT2D eigenvalue weighted by Crippen LogP contribution is 2.35. The fourth-order valence-corrected chi connectivity index (χ4v) is 4.19. The van der Waals surface area contributed by atoms with E-state index in [0.717, 1.165) is 24.2 Å². The lowest BCUT2D eigenvalue weighted by atomic mass is 10.2. The Labute approximate surface area is 182 Å². The molecule has 4 aromatic rings. The third-order valence-electron chi connectivity index (χ3n) is 4.94. The third kappa shape index (κ3) is 3.98. The molecule has 0 saturated carbocycles. The summed E-state index contributed by atoms with van der Waals surface area (Å²) in [7, 11) is 0. The molecule has 0 aliphatic carbocycles. The number of hydrogen-bond donors (Lipinski definition) is 0. The van der Waals surface area contributed by atoms with Crippen LogP contribution in [0.2, 0.25) is 0 Å². The van der Waals surface area contributed by atoms with Crippen molar-refractivity contribution in [1.82, 2.24) is 14.6 Å². The quantitative estimate of drug-likeness (QED) is 0.432. The first-order valence-corrected chi connectivity index (χ1v) is 11.1. The van der Waals surface area contributed by atoms with Crippen molar-refractivity contribution in [3.05, 3.63) is 74.8 Å². The predicted molar refractivity (Wildman–Crippen MR) is 118 cm³/mol. The minimum Gasteiger partial charge on any atom is -0.494 e. The average molecular weight is 436 g/mol. The van der Waals surface area contributed by atoms with Gasteiger partial charge < -0.3 is 14.2 Å². The van der Waals surface area contributed by atoms with E-state index in [1.165, 1.54) is 15.9 Å². The number of nitrogens with zero attached hydrogens (tertiary/aromatic N) is 3. The molecule has 2 aromatic carbocycles. The summed E-state index contributed by atoms with van der Waals surface area (Å²) >= 11 is 1.30. The normalized spacial score (nSPS) is 16.0. The van der Waals surface area contributed by atoms with Crippen LogP contribution in [-0.4, -0.2) is 27.8 Å². The zero-order valence-corrected chi connectivity index (χ0v) is 17.8. The second kappa shape index (κ2) is 8.39. The Balaban J connectivity index is 1.37. The Hall–Kier alpha value is -3.39. The fourth-order valence-electron chi connectivity index (χ4n) is 3.28. The van der Waals surface area contributed by atoms with Crippen molar-refractivity contribution in [2.24, 2.45) is 0 Å². The maximum absolute atomic E-state index is 12.8. The molecule has 0 saturated heterocycles. The molecule has 31 heavy (non-hydrogen) atoms. The molecule has 0 unspecified atom stereocenters. The number of hydrogen-bond acceptors (Lipinski definition) is 7. The standard InChI is InChI=1S/C23H21N3O4S/c1-2-3-12-28-16-10-8-15(9-11-16)13-20-22(27)26-23(31-20)24-21(25-26)19-14-29-17-6-4-5-7-18(17)30-19/h4-11,13,19H,2-3,12,14H2,1H3/b20-13-/t19-/m0/s1. The minimum absolute atomic E-state index is 0.195. The van der Waals surface area contributed by atoms with Crippen molar-refractivity contribution in [2.75, 3.05) is 13.2 Å². The van der Waals surface area contributed by atoms with Crippen molar-refractivity contribution >= 4 is 22.4 Å². The molecule has 158 valence electrons. The van der Waals surface area contributed by atoms with Crippen LogP contribution in [0, 0.1) is 0 Å². The first-order valence-electron chi connectivity index (χ1n) is 10.2. The number of rotatable bonds is 6. The Bertz CT molecular complexity index is 1310. The molecule has 1 aliphatic rings. The SMILES string of the molecule is CCCCOc1ccc(/C=c2\sc3nc([C@@H]4COc5ccccc5O4)nn3c2=O)cc1. The Kier molecular flexibility index (Phi) is 5.30. The van der Waals surface area contributed by atoms with Gasteiger partial charge >= 0.3 is 0 Å². The Morgan fingerprint density at radius 3 is 2.77 bits per heavy atom. The van der Waals surface area contributed by atoms with E-state index in [0.29, 0.717) is 40.0 Å². The number of para-hydroxylation sites is 2. The van der Waals surface area contributed by atoms with Crippen LogP contribution >= 0.6 is 11.3 Å². The highest BCUT2D eigenvalue weighted by molar-refractivity contribution is 7.15. The maximum Gasteiger partial charge on any atom is 0.291 e. The number of fused-ring (bicyclic) bond motifs is 2. The van der Waals surface area contributed by atoms with Gasteiger partial charge in [-0.25, -0.2) is 0 Å². The molecule has 0 fully saturated rings. The molecule has 2 aromatic heterocycles. The minimum atomic E-state index is -0.450. The summed E-state index contributed by atoms with van der Waals surface area (Å²) in [5, 5.41) is 4.39. The maximum atomic E-state index is 12.8.